The molecule has 0 saturated carbocycles. The van der Waals surface area contributed by atoms with Crippen molar-refractivity contribution in [2.24, 2.45) is 0 Å². The maximum atomic E-state index is 11.9. The minimum atomic E-state index is -3.32. The molecule has 4 nitrogen and oxygen atoms in total. The van der Waals surface area contributed by atoms with Gasteiger partial charge in [-0.3, -0.25) is 0 Å². The number of nitrogens with one attached hydrogen (secondary N) is 2. The summed E-state index contributed by atoms with van der Waals surface area (Å²) in [5.41, 5.74) is 0. The zero-order valence-electron chi connectivity index (χ0n) is 10.2. The van der Waals surface area contributed by atoms with Crippen LogP contribution in [0.1, 0.15) is 16.2 Å². The van der Waals surface area contributed by atoms with Gasteiger partial charge in [0.15, 0.2) is 0 Å². The number of sulfonamides is 1. The number of halogens is 1. The standard InChI is InChI=1S/C10H18N2O2S2.ClH/c1-8-7-10(9(2)15-8)16(13,14)12-6-4-5-11-3;/h7,11-12H,4-6H2,1-3H3;1H. The molecule has 0 aliphatic carbocycles. The molecule has 2 N–H and O–H groups in total. The second kappa shape index (κ2) is 7.33. The maximum Gasteiger partial charge on any atom is 0.241 e. The highest BCUT2D eigenvalue weighted by Crippen LogP contribution is 2.24. The lowest BCUT2D eigenvalue weighted by atomic mass is 10.4. The van der Waals surface area contributed by atoms with E-state index in [9.17, 15) is 8.42 Å². The first kappa shape index (κ1) is 16.9. The molecule has 0 fully saturated rings. The van der Waals surface area contributed by atoms with Crippen molar-refractivity contribution in [1.29, 1.82) is 0 Å². The van der Waals surface area contributed by atoms with E-state index in [1.165, 1.54) is 11.3 Å². The lowest BCUT2D eigenvalue weighted by Gasteiger charge is -2.05. The highest BCUT2D eigenvalue weighted by Gasteiger charge is 2.17. The molecule has 0 spiro atoms. The van der Waals surface area contributed by atoms with Crippen LogP contribution >= 0.6 is 23.7 Å². The van der Waals surface area contributed by atoms with Crippen molar-refractivity contribution in [1.82, 2.24) is 10.0 Å². The van der Waals surface area contributed by atoms with Crippen LogP contribution in [0.5, 0.6) is 0 Å². The van der Waals surface area contributed by atoms with Crippen molar-refractivity contribution < 1.29 is 8.42 Å². The molecule has 1 heterocycles. The summed E-state index contributed by atoms with van der Waals surface area (Å²) < 4.78 is 26.4. The van der Waals surface area contributed by atoms with Gasteiger partial charge in [-0.1, -0.05) is 0 Å². The van der Waals surface area contributed by atoms with E-state index in [1.54, 1.807) is 6.07 Å². The monoisotopic (exact) mass is 298 g/mol. The van der Waals surface area contributed by atoms with Gasteiger partial charge in [0.2, 0.25) is 10.0 Å². The molecule has 1 aromatic rings. The van der Waals surface area contributed by atoms with Crippen LogP contribution in [-0.2, 0) is 10.0 Å². The first-order valence-corrected chi connectivity index (χ1v) is 7.48. The predicted molar refractivity (Wildman–Crippen MR) is 74.8 cm³/mol. The quantitative estimate of drug-likeness (QED) is 0.786. The SMILES string of the molecule is CNCCCNS(=O)(=O)c1cc(C)sc1C.Cl. The van der Waals surface area contributed by atoms with Crippen LogP contribution in [0.3, 0.4) is 0 Å². The third kappa shape index (κ3) is 4.93. The van der Waals surface area contributed by atoms with Crippen LogP contribution in [0, 0.1) is 13.8 Å². The van der Waals surface area contributed by atoms with Gasteiger partial charge >= 0.3 is 0 Å². The molecule has 0 unspecified atom stereocenters. The van der Waals surface area contributed by atoms with E-state index in [0.717, 1.165) is 22.7 Å². The van der Waals surface area contributed by atoms with Crippen LogP contribution in [0.4, 0.5) is 0 Å². The maximum absolute atomic E-state index is 11.9. The predicted octanol–water partition coefficient (Wildman–Crippen LogP) is 1.67. The van der Waals surface area contributed by atoms with Crippen molar-refractivity contribution in [2.45, 2.75) is 25.2 Å². The van der Waals surface area contributed by atoms with E-state index < -0.39 is 10.0 Å². The largest absolute Gasteiger partial charge is 0.320 e. The molecule has 0 radical (unpaired) electrons. The Balaban J connectivity index is 0.00000256. The molecule has 17 heavy (non-hydrogen) atoms. The second-order valence-corrected chi connectivity index (χ2v) is 6.83. The lowest BCUT2D eigenvalue weighted by molar-refractivity contribution is 0.577. The third-order valence-corrected chi connectivity index (χ3v) is 4.86. The normalized spacial score (nSPS) is 11.2. The summed E-state index contributed by atoms with van der Waals surface area (Å²) in [5, 5.41) is 2.98. The smallest absolute Gasteiger partial charge is 0.241 e. The molecular weight excluding hydrogens is 280 g/mol. The Bertz CT molecular complexity index is 443. The van der Waals surface area contributed by atoms with Crippen molar-refractivity contribution in [3.63, 3.8) is 0 Å². The van der Waals surface area contributed by atoms with E-state index in [4.69, 9.17) is 0 Å². The van der Waals surface area contributed by atoms with Crippen LogP contribution in [0.2, 0.25) is 0 Å². The molecule has 1 aromatic heterocycles. The molecule has 0 amide bonds. The summed E-state index contributed by atoms with van der Waals surface area (Å²) in [6.45, 7) is 5.03. The fraction of sp³-hybridized carbons (Fsp3) is 0.600. The summed E-state index contributed by atoms with van der Waals surface area (Å²) >= 11 is 1.51. The summed E-state index contributed by atoms with van der Waals surface area (Å²) in [4.78, 5) is 2.28. The van der Waals surface area contributed by atoms with E-state index in [1.807, 2.05) is 20.9 Å². The first-order valence-electron chi connectivity index (χ1n) is 5.18. The Hall–Kier alpha value is -0.140. The molecule has 0 bridgehead atoms. The minimum Gasteiger partial charge on any atom is -0.320 e. The molecule has 0 aromatic carbocycles. The lowest BCUT2D eigenvalue weighted by Crippen LogP contribution is -2.26. The van der Waals surface area contributed by atoms with Crippen molar-refractivity contribution >= 4 is 33.8 Å². The Morgan fingerprint density at radius 2 is 1.94 bits per heavy atom. The molecular formula is C10H19ClN2O2S2. The van der Waals surface area contributed by atoms with Crippen LogP contribution in [0.15, 0.2) is 11.0 Å². The highest BCUT2D eigenvalue weighted by molar-refractivity contribution is 7.89. The number of rotatable bonds is 6. The van der Waals surface area contributed by atoms with Crippen LogP contribution in [0.25, 0.3) is 0 Å². The van der Waals surface area contributed by atoms with Gasteiger partial charge < -0.3 is 5.32 Å². The molecule has 1 rings (SSSR count). The molecule has 7 heteroatoms. The van der Waals surface area contributed by atoms with Gasteiger partial charge in [-0.25, -0.2) is 13.1 Å². The van der Waals surface area contributed by atoms with Crippen LogP contribution < -0.4 is 10.0 Å². The zero-order chi connectivity index (χ0) is 12.2. The first-order chi connectivity index (χ1) is 7.47. The third-order valence-electron chi connectivity index (χ3n) is 2.18. The van der Waals surface area contributed by atoms with E-state index >= 15 is 0 Å². The Kier molecular flexibility index (Phi) is 7.27. The van der Waals surface area contributed by atoms with Gasteiger partial charge in [0.1, 0.15) is 0 Å². The average Bonchev–Trinajstić information content (AvgIpc) is 2.53. The van der Waals surface area contributed by atoms with E-state index in [0.29, 0.717) is 11.4 Å². The van der Waals surface area contributed by atoms with Gasteiger partial charge in [-0.15, -0.1) is 23.7 Å². The number of hydrogen-bond acceptors (Lipinski definition) is 4. The Labute approximate surface area is 113 Å². The molecule has 100 valence electrons. The number of aryl methyl sites for hydroxylation is 2. The molecule has 0 atom stereocenters. The minimum absolute atomic E-state index is 0. The number of hydrogen-bond donors (Lipinski definition) is 2. The Morgan fingerprint density at radius 1 is 1.29 bits per heavy atom. The van der Waals surface area contributed by atoms with Gasteiger partial charge in [0, 0.05) is 16.3 Å². The molecule has 0 aliphatic heterocycles. The van der Waals surface area contributed by atoms with Crippen molar-refractivity contribution in [3.05, 3.63) is 15.8 Å². The van der Waals surface area contributed by atoms with Gasteiger partial charge in [0.25, 0.3) is 0 Å². The fourth-order valence-corrected chi connectivity index (χ4v) is 4.05. The zero-order valence-corrected chi connectivity index (χ0v) is 12.7. The topological polar surface area (TPSA) is 58.2 Å². The molecule has 0 saturated heterocycles. The van der Waals surface area contributed by atoms with E-state index in [-0.39, 0.29) is 12.4 Å². The average molecular weight is 299 g/mol. The highest BCUT2D eigenvalue weighted by atomic mass is 35.5. The van der Waals surface area contributed by atoms with Crippen LogP contribution in [-0.4, -0.2) is 28.6 Å². The summed E-state index contributed by atoms with van der Waals surface area (Å²) in [5.74, 6) is 0. The summed E-state index contributed by atoms with van der Waals surface area (Å²) in [7, 11) is -1.47. The molecule has 0 aliphatic rings. The van der Waals surface area contributed by atoms with E-state index in [2.05, 4.69) is 10.0 Å². The van der Waals surface area contributed by atoms with Crippen molar-refractivity contribution in [2.75, 3.05) is 20.1 Å². The second-order valence-electron chi connectivity index (χ2n) is 3.63. The van der Waals surface area contributed by atoms with Gasteiger partial charge in [-0.05, 0) is 39.9 Å². The Morgan fingerprint density at radius 3 is 2.41 bits per heavy atom. The summed E-state index contributed by atoms with van der Waals surface area (Å²) in [6, 6.07) is 1.72. The van der Waals surface area contributed by atoms with Gasteiger partial charge in [0.05, 0.1) is 4.90 Å². The fourth-order valence-electron chi connectivity index (χ4n) is 1.42. The number of thiophene rings is 1. The summed E-state index contributed by atoms with van der Waals surface area (Å²) in [6.07, 6.45) is 0.790. The van der Waals surface area contributed by atoms with Gasteiger partial charge in [-0.2, -0.15) is 0 Å². The van der Waals surface area contributed by atoms with Crippen molar-refractivity contribution in [3.8, 4) is 0 Å².